The number of rotatable bonds is 6. The summed E-state index contributed by atoms with van der Waals surface area (Å²) in [4.78, 5) is 22.7. The molecule has 0 bridgehead atoms. The van der Waals surface area contributed by atoms with Gasteiger partial charge in [0.2, 0.25) is 5.91 Å². The topological polar surface area (TPSA) is 84.9 Å². The molecule has 1 heterocycles. The van der Waals surface area contributed by atoms with Crippen LogP contribution >= 0.6 is 11.6 Å². The van der Waals surface area contributed by atoms with E-state index in [9.17, 15) is 9.59 Å². The van der Waals surface area contributed by atoms with Gasteiger partial charge in [-0.3, -0.25) is 9.59 Å². The quantitative estimate of drug-likeness (QED) is 0.827. The van der Waals surface area contributed by atoms with Crippen molar-refractivity contribution in [3.05, 3.63) is 29.3 Å². The van der Waals surface area contributed by atoms with Crippen LogP contribution in [-0.4, -0.2) is 42.8 Å². The highest BCUT2D eigenvalue weighted by atomic mass is 35.5. The second-order valence-corrected chi connectivity index (χ2v) is 5.15. The third-order valence-electron chi connectivity index (χ3n) is 3.14. The third-order valence-corrected chi connectivity index (χ3v) is 3.37. The minimum Gasteiger partial charge on any atom is -0.493 e. The molecule has 21 heavy (non-hydrogen) atoms. The summed E-state index contributed by atoms with van der Waals surface area (Å²) < 4.78 is 10.5. The Morgan fingerprint density at radius 2 is 2.24 bits per heavy atom. The Balaban J connectivity index is 1.74. The van der Waals surface area contributed by atoms with Crippen molar-refractivity contribution in [2.24, 2.45) is 5.92 Å². The lowest BCUT2D eigenvalue weighted by Crippen LogP contribution is -2.43. The lowest BCUT2D eigenvalue weighted by atomic mass is 10.0. The van der Waals surface area contributed by atoms with E-state index in [2.05, 4.69) is 5.32 Å². The van der Waals surface area contributed by atoms with Crippen molar-refractivity contribution in [3.63, 3.8) is 0 Å². The number of amides is 1. The van der Waals surface area contributed by atoms with Gasteiger partial charge >= 0.3 is 5.97 Å². The van der Waals surface area contributed by atoms with Crippen LogP contribution in [0.2, 0.25) is 5.02 Å². The fraction of sp³-hybridized carbons (Fsp3) is 0.429. The highest BCUT2D eigenvalue weighted by Crippen LogP contribution is 2.17. The maximum Gasteiger partial charge on any atom is 0.311 e. The second-order valence-electron chi connectivity index (χ2n) is 4.71. The van der Waals surface area contributed by atoms with Gasteiger partial charge in [0, 0.05) is 5.02 Å². The number of carbonyl (C=O) groups is 2. The van der Waals surface area contributed by atoms with E-state index in [1.807, 2.05) is 0 Å². The molecule has 1 aliphatic rings. The average molecular weight is 314 g/mol. The minimum atomic E-state index is -0.965. The number of hydrogen-bond acceptors (Lipinski definition) is 4. The average Bonchev–Trinajstić information content (AvgIpc) is 2.87. The zero-order valence-electron chi connectivity index (χ0n) is 11.3. The van der Waals surface area contributed by atoms with Crippen LogP contribution in [0.1, 0.15) is 6.42 Å². The van der Waals surface area contributed by atoms with Crippen LogP contribution in [0.3, 0.4) is 0 Å². The van der Waals surface area contributed by atoms with Gasteiger partial charge in [-0.05, 0) is 18.2 Å². The molecule has 1 aromatic carbocycles. The molecule has 7 heteroatoms. The molecular weight excluding hydrogens is 298 g/mol. The van der Waals surface area contributed by atoms with Crippen LogP contribution in [0, 0.1) is 5.92 Å². The van der Waals surface area contributed by atoms with Crippen LogP contribution in [0.4, 0.5) is 0 Å². The predicted molar refractivity (Wildman–Crippen MR) is 75.4 cm³/mol. The van der Waals surface area contributed by atoms with E-state index in [1.54, 1.807) is 24.3 Å². The van der Waals surface area contributed by atoms with E-state index >= 15 is 0 Å². The van der Waals surface area contributed by atoms with Crippen molar-refractivity contribution in [1.29, 1.82) is 0 Å². The zero-order valence-corrected chi connectivity index (χ0v) is 12.0. The molecule has 1 saturated heterocycles. The SMILES string of the molecule is O=C(CCOc1cccc(Cl)c1)NC1COCC1C(=O)O. The summed E-state index contributed by atoms with van der Waals surface area (Å²) in [7, 11) is 0. The molecule has 1 fully saturated rings. The summed E-state index contributed by atoms with van der Waals surface area (Å²) in [5.74, 6) is -1.34. The van der Waals surface area contributed by atoms with Gasteiger partial charge in [-0.2, -0.15) is 0 Å². The number of carbonyl (C=O) groups excluding carboxylic acids is 1. The minimum absolute atomic E-state index is 0.124. The summed E-state index contributed by atoms with van der Waals surface area (Å²) in [5.41, 5.74) is 0. The zero-order chi connectivity index (χ0) is 15.2. The smallest absolute Gasteiger partial charge is 0.311 e. The molecule has 2 N–H and O–H groups in total. The Morgan fingerprint density at radius 3 is 2.95 bits per heavy atom. The predicted octanol–water partition coefficient (Wildman–Crippen LogP) is 1.32. The number of hydrogen-bond donors (Lipinski definition) is 2. The second kappa shape index (κ2) is 7.28. The fourth-order valence-electron chi connectivity index (χ4n) is 2.04. The summed E-state index contributed by atoms with van der Waals surface area (Å²) in [6.07, 6.45) is 0.134. The number of aliphatic carboxylic acids is 1. The number of carboxylic acids is 1. The first-order valence-corrected chi connectivity index (χ1v) is 6.92. The van der Waals surface area contributed by atoms with Gasteiger partial charge < -0.3 is 19.9 Å². The van der Waals surface area contributed by atoms with Crippen molar-refractivity contribution in [3.8, 4) is 5.75 Å². The number of ether oxygens (including phenoxy) is 2. The first kappa shape index (κ1) is 15.6. The molecule has 0 aliphatic carbocycles. The fourth-order valence-corrected chi connectivity index (χ4v) is 2.22. The largest absolute Gasteiger partial charge is 0.493 e. The molecule has 0 radical (unpaired) electrons. The molecule has 2 rings (SSSR count). The summed E-state index contributed by atoms with van der Waals surface area (Å²) >= 11 is 5.82. The van der Waals surface area contributed by atoms with Crippen molar-refractivity contribution >= 4 is 23.5 Å². The van der Waals surface area contributed by atoms with Gasteiger partial charge in [0.15, 0.2) is 0 Å². The molecular formula is C14H16ClNO5. The normalized spacial score (nSPS) is 21.0. The Hall–Kier alpha value is -1.79. The van der Waals surface area contributed by atoms with Crippen molar-refractivity contribution < 1.29 is 24.2 Å². The van der Waals surface area contributed by atoms with E-state index in [0.29, 0.717) is 10.8 Å². The first-order valence-electron chi connectivity index (χ1n) is 6.54. The lowest BCUT2D eigenvalue weighted by molar-refractivity contribution is -0.142. The molecule has 0 aromatic heterocycles. The van der Waals surface area contributed by atoms with Crippen LogP contribution < -0.4 is 10.1 Å². The van der Waals surface area contributed by atoms with Crippen molar-refractivity contribution in [2.45, 2.75) is 12.5 Å². The molecule has 2 unspecified atom stereocenters. The van der Waals surface area contributed by atoms with Crippen LogP contribution in [0.5, 0.6) is 5.75 Å². The number of carboxylic acid groups (broad SMARTS) is 1. The highest BCUT2D eigenvalue weighted by Gasteiger charge is 2.34. The van der Waals surface area contributed by atoms with Crippen molar-refractivity contribution in [2.75, 3.05) is 19.8 Å². The summed E-state index contributed by atoms with van der Waals surface area (Å²) in [6, 6.07) is 6.40. The van der Waals surface area contributed by atoms with E-state index in [4.69, 9.17) is 26.2 Å². The van der Waals surface area contributed by atoms with E-state index in [-0.39, 0.29) is 32.1 Å². The standard InChI is InChI=1S/C14H16ClNO5/c15-9-2-1-3-10(6-9)21-5-4-13(17)16-12-8-20-7-11(12)14(18)19/h1-3,6,11-12H,4-5,7-8H2,(H,16,17)(H,18,19). The van der Waals surface area contributed by atoms with Gasteiger partial charge in [0.25, 0.3) is 0 Å². The molecule has 2 atom stereocenters. The maximum atomic E-state index is 11.8. The summed E-state index contributed by atoms with van der Waals surface area (Å²) in [5, 5.41) is 12.2. The highest BCUT2D eigenvalue weighted by molar-refractivity contribution is 6.30. The molecule has 1 aromatic rings. The number of halogens is 1. The van der Waals surface area contributed by atoms with Gasteiger partial charge in [0.1, 0.15) is 11.7 Å². The van der Waals surface area contributed by atoms with E-state index < -0.39 is 17.9 Å². The Kier molecular flexibility index (Phi) is 5.41. The van der Waals surface area contributed by atoms with Gasteiger partial charge in [-0.25, -0.2) is 0 Å². The van der Waals surface area contributed by atoms with Crippen LogP contribution in [0.25, 0.3) is 0 Å². The van der Waals surface area contributed by atoms with E-state index in [0.717, 1.165) is 0 Å². The van der Waals surface area contributed by atoms with Gasteiger partial charge in [0.05, 0.1) is 32.3 Å². The molecule has 1 aliphatic heterocycles. The van der Waals surface area contributed by atoms with Crippen molar-refractivity contribution in [1.82, 2.24) is 5.32 Å². The third kappa shape index (κ3) is 4.61. The molecule has 114 valence electrons. The lowest BCUT2D eigenvalue weighted by Gasteiger charge is -2.15. The Labute approximate surface area is 127 Å². The monoisotopic (exact) mass is 313 g/mol. The molecule has 1 amide bonds. The first-order chi connectivity index (χ1) is 10.1. The maximum absolute atomic E-state index is 11.8. The molecule has 0 saturated carbocycles. The summed E-state index contributed by atoms with van der Waals surface area (Å²) in [6.45, 7) is 0.536. The van der Waals surface area contributed by atoms with Crippen LogP contribution in [-0.2, 0) is 14.3 Å². The van der Waals surface area contributed by atoms with Gasteiger partial charge in [-0.1, -0.05) is 17.7 Å². The molecule has 6 nitrogen and oxygen atoms in total. The Morgan fingerprint density at radius 1 is 1.43 bits per heavy atom. The number of nitrogens with one attached hydrogen (secondary N) is 1. The van der Waals surface area contributed by atoms with E-state index in [1.165, 1.54) is 0 Å². The molecule has 0 spiro atoms. The number of benzene rings is 1. The van der Waals surface area contributed by atoms with Gasteiger partial charge in [-0.15, -0.1) is 0 Å². The van der Waals surface area contributed by atoms with Crippen LogP contribution in [0.15, 0.2) is 24.3 Å². The Bertz CT molecular complexity index is 522.